The summed E-state index contributed by atoms with van der Waals surface area (Å²) in [4.78, 5) is 7.43. The molecule has 2 unspecified atom stereocenters. The Kier molecular flexibility index (Phi) is 3.37. The molecule has 1 aliphatic rings. The first-order valence-electron chi connectivity index (χ1n) is 4.82. The quantitative estimate of drug-likeness (QED) is 0.759. The van der Waals surface area contributed by atoms with Crippen molar-refractivity contribution in [2.75, 3.05) is 18.8 Å². The number of hydrogen-bond acceptors (Lipinski definition) is 4. The van der Waals surface area contributed by atoms with Gasteiger partial charge in [-0.1, -0.05) is 0 Å². The summed E-state index contributed by atoms with van der Waals surface area (Å²) in [5.74, 6) is 0.469. The molecule has 1 N–H and O–H groups in total. The molecule has 0 radical (unpaired) electrons. The van der Waals surface area contributed by atoms with Crippen molar-refractivity contribution in [2.45, 2.75) is 11.6 Å². The van der Waals surface area contributed by atoms with Gasteiger partial charge in [0.1, 0.15) is 0 Å². The van der Waals surface area contributed by atoms with Crippen molar-refractivity contribution in [2.24, 2.45) is 5.92 Å². The van der Waals surface area contributed by atoms with Crippen molar-refractivity contribution in [1.82, 2.24) is 15.3 Å². The molecule has 82 valence electrons. The molecule has 0 aromatic carbocycles. The number of halogens is 1. The molecule has 2 heterocycles. The van der Waals surface area contributed by atoms with E-state index in [1.54, 1.807) is 0 Å². The zero-order valence-electron chi connectivity index (χ0n) is 8.15. The van der Waals surface area contributed by atoms with E-state index < -0.39 is 16.6 Å². The fourth-order valence-corrected chi connectivity index (χ4v) is 2.77. The van der Waals surface area contributed by atoms with Gasteiger partial charge in [-0.05, 0) is 25.4 Å². The van der Waals surface area contributed by atoms with Crippen molar-refractivity contribution in [1.29, 1.82) is 0 Å². The van der Waals surface area contributed by atoms with Crippen LogP contribution in [0.15, 0.2) is 17.6 Å². The first-order chi connectivity index (χ1) is 7.25. The van der Waals surface area contributed by atoms with Gasteiger partial charge in [0, 0.05) is 5.75 Å². The molecule has 1 fully saturated rings. The maximum absolute atomic E-state index is 12.5. The Morgan fingerprint density at radius 2 is 2.27 bits per heavy atom. The summed E-state index contributed by atoms with van der Waals surface area (Å²) in [6.07, 6.45) is 3.13. The topological polar surface area (TPSA) is 54.9 Å². The molecular formula is C9H12FN3OS. The largest absolute Gasteiger partial charge is 0.316 e. The molecule has 0 spiro atoms. The maximum atomic E-state index is 12.5. The zero-order valence-corrected chi connectivity index (χ0v) is 8.97. The van der Waals surface area contributed by atoms with Crippen LogP contribution in [0, 0.1) is 11.7 Å². The zero-order chi connectivity index (χ0) is 10.7. The second-order valence-corrected chi connectivity index (χ2v) is 4.94. The SMILES string of the molecule is O=S(CC1CCNC1)c1ncc(F)cn1. The van der Waals surface area contributed by atoms with E-state index >= 15 is 0 Å². The predicted octanol–water partition coefficient (Wildman–Crippen LogP) is 0.333. The Hall–Kier alpha value is -0.880. The molecule has 2 rings (SSSR count). The van der Waals surface area contributed by atoms with E-state index in [9.17, 15) is 8.60 Å². The molecule has 6 heteroatoms. The Morgan fingerprint density at radius 3 is 2.87 bits per heavy atom. The Bertz CT molecular complexity index is 351. The number of hydrogen-bond donors (Lipinski definition) is 1. The van der Waals surface area contributed by atoms with Gasteiger partial charge in [0.15, 0.2) is 5.82 Å². The van der Waals surface area contributed by atoms with Crippen LogP contribution in [0.3, 0.4) is 0 Å². The van der Waals surface area contributed by atoms with Gasteiger partial charge in [0.25, 0.3) is 0 Å². The number of rotatable bonds is 3. The molecule has 0 bridgehead atoms. The van der Waals surface area contributed by atoms with Crippen LogP contribution in [0.25, 0.3) is 0 Å². The summed E-state index contributed by atoms with van der Waals surface area (Å²) in [5, 5.41) is 3.43. The van der Waals surface area contributed by atoms with Crippen molar-refractivity contribution >= 4 is 10.8 Å². The van der Waals surface area contributed by atoms with Crippen LogP contribution in [-0.2, 0) is 10.8 Å². The van der Waals surface area contributed by atoms with E-state index in [0.29, 0.717) is 11.7 Å². The van der Waals surface area contributed by atoms with Crippen LogP contribution >= 0.6 is 0 Å². The fourth-order valence-electron chi connectivity index (χ4n) is 1.56. The second kappa shape index (κ2) is 4.76. The molecular weight excluding hydrogens is 217 g/mol. The first kappa shape index (κ1) is 10.6. The van der Waals surface area contributed by atoms with Crippen LogP contribution < -0.4 is 5.32 Å². The lowest BCUT2D eigenvalue weighted by molar-refractivity contribution is 0.599. The average molecular weight is 229 g/mol. The lowest BCUT2D eigenvalue weighted by Gasteiger charge is -2.06. The van der Waals surface area contributed by atoms with Crippen LogP contribution in [0.5, 0.6) is 0 Å². The highest BCUT2D eigenvalue weighted by Crippen LogP contribution is 2.11. The molecule has 0 aliphatic carbocycles. The number of aromatic nitrogens is 2. The van der Waals surface area contributed by atoms with E-state index in [4.69, 9.17) is 0 Å². The monoisotopic (exact) mass is 229 g/mol. The van der Waals surface area contributed by atoms with Crippen molar-refractivity contribution in [3.05, 3.63) is 18.2 Å². The summed E-state index contributed by atoms with van der Waals surface area (Å²) < 4.78 is 24.3. The number of nitrogens with zero attached hydrogens (tertiary/aromatic N) is 2. The van der Waals surface area contributed by atoms with Gasteiger partial charge in [0.2, 0.25) is 5.16 Å². The molecule has 1 aromatic heterocycles. The van der Waals surface area contributed by atoms with Crippen LogP contribution in [0.4, 0.5) is 4.39 Å². The molecule has 1 aliphatic heterocycles. The predicted molar refractivity (Wildman–Crippen MR) is 54.2 cm³/mol. The van der Waals surface area contributed by atoms with Gasteiger partial charge in [0.05, 0.1) is 23.2 Å². The molecule has 4 nitrogen and oxygen atoms in total. The average Bonchev–Trinajstić information content (AvgIpc) is 2.71. The minimum absolute atomic E-state index is 0.225. The van der Waals surface area contributed by atoms with Gasteiger partial charge in [-0.3, -0.25) is 4.21 Å². The summed E-state index contributed by atoms with van der Waals surface area (Å²) in [6.45, 7) is 1.87. The van der Waals surface area contributed by atoms with Gasteiger partial charge in [-0.2, -0.15) is 0 Å². The highest BCUT2D eigenvalue weighted by Gasteiger charge is 2.19. The third kappa shape index (κ3) is 2.79. The highest BCUT2D eigenvalue weighted by molar-refractivity contribution is 7.84. The van der Waals surface area contributed by atoms with Gasteiger partial charge in [-0.15, -0.1) is 0 Å². The molecule has 1 aromatic rings. The van der Waals surface area contributed by atoms with Crippen molar-refractivity contribution < 1.29 is 8.60 Å². The maximum Gasteiger partial charge on any atom is 0.218 e. The van der Waals surface area contributed by atoms with Gasteiger partial charge in [-0.25, -0.2) is 14.4 Å². The number of nitrogens with one attached hydrogen (secondary N) is 1. The lowest BCUT2D eigenvalue weighted by atomic mass is 10.2. The molecule has 0 saturated carbocycles. The van der Waals surface area contributed by atoms with E-state index in [0.717, 1.165) is 31.9 Å². The van der Waals surface area contributed by atoms with Crippen LogP contribution in [-0.4, -0.2) is 33.0 Å². The van der Waals surface area contributed by atoms with Crippen molar-refractivity contribution in [3.8, 4) is 0 Å². The Balaban J connectivity index is 1.98. The van der Waals surface area contributed by atoms with E-state index in [1.807, 2.05) is 0 Å². The van der Waals surface area contributed by atoms with Gasteiger partial charge < -0.3 is 5.32 Å². The Labute approximate surface area is 89.8 Å². The third-order valence-corrected chi connectivity index (χ3v) is 3.74. The molecule has 1 saturated heterocycles. The first-order valence-corrected chi connectivity index (χ1v) is 6.14. The van der Waals surface area contributed by atoms with Crippen LogP contribution in [0.2, 0.25) is 0 Å². The van der Waals surface area contributed by atoms with Crippen molar-refractivity contribution in [3.63, 3.8) is 0 Å². The smallest absolute Gasteiger partial charge is 0.218 e. The fraction of sp³-hybridized carbons (Fsp3) is 0.556. The van der Waals surface area contributed by atoms with Crippen LogP contribution in [0.1, 0.15) is 6.42 Å². The highest BCUT2D eigenvalue weighted by atomic mass is 32.2. The summed E-state index contributed by atoms with van der Waals surface area (Å²) in [5.41, 5.74) is 0. The lowest BCUT2D eigenvalue weighted by Crippen LogP contribution is -2.16. The minimum Gasteiger partial charge on any atom is -0.316 e. The van der Waals surface area contributed by atoms with E-state index in [2.05, 4.69) is 15.3 Å². The van der Waals surface area contributed by atoms with E-state index in [1.165, 1.54) is 0 Å². The molecule has 2 atom stereocenters. The molecule has 15 heavy (non-hydrogen) atoms. The normalized spacial score (nSPS) is 22.9. The molecule has 0 amide bonds. The summed E-state index contributed by atoms with van der Waals surface area (Å²) in [6, 6.07) is 0. The Morgan fingerprint density at radius 1 is 1.53 bits per heavy atom. The van der Waals surface area contributed by atoms with Gasteiger partial charge >= 0.3 is 0 Å². The minimum atomic E-state index is -1.21. The van der Waals surface area contributed by atoms with E-state index in [-0.39, 0.29) is 5.16 Å². The third-order valence-electron chi connectivity index (χ3n) is 2.35. The standard InChI is InChI=1S/C9H12FN3OS/c10-8-4-12-9(13-5-8)15(14)6-7-1-2-11-3-7/h4-5,7,11H,1-3,6H2. The second-order valence-electron chi connectivity index (χ2n) is 3.55. The summed E-state index contributed by atoms with van der Waals surface area (Å²) in [7, 11) is -1.21. The summed E-state index contributed by atoms with van der Waals surface area (Å²) >= 11 is 0.